The van der Waals surface area contributed by atoms with E-state index in [0.717, 1.165) is 12.8 Å². The summed E-state index contributed by atoms with van der Waals surface area (Å²) < 4.78 is 0. The lowest BCUT2D eigenvalue weighted by molar-refractivity contribution is 0.408. The van der Waals surface area contributed by atoms with E-state index in [1.54, 1.807) is 6.21 Å². The molecule has 1 saturated carbocycles. The molecule has 0 spiro atoms. The molecule has 0 saturated heterocycles. The van der Waals surface area contributed by atoms with E-state index in [-0.39, 0.29) is 0 Å². The molecule has 0 atom stereocenters. The van der Waals surface area contributed by atoms with Gasteiger partial charge >= 0.3 is 0 Å². The van der Waals surface area contributed by atoms with E-state index in [4.69, 9.17) is 5.26 Å². The number of hydrazone groups is 1. The average molecular weight is 123 g/mol. The molecule has 3 heteroatoms. The summed E-state index contributed by atoms with van der Waals surface area (Å²) in [6, 6.07) is 0.409. The summed E-state index contributed by atoms with van der Waals surface area (Å²) in [5, 5.41) is 13.7. The van der Waals surface area contributed by atoms with Crippen LogP contribution in [0.5, 0.6) is 0 Å². The first-order valence-corrected chi connectivity index (χ1v) is 3.06. The normalized spacial score (nSPS) is 17.8. The van der Waals surface area contributed by atoms with Crippen molar-refractivity contribution in [1.29, 1.82) is 5.26 Å². The Morgan fingerprint density at radius 2 is 2.44 bits per heavy atom. The van der Waals surface area contributed by atoms with Gasteiger partial charge in [0.2, 0.25) is 6.19 Å². The van der Waals surface area contributed by atoms with Gasteiger partial charge in [0, 0.05) is 6.21 Å². The molecule has 0 unspecified atom stereocenters. The summed E-state index contributed by atoms with van der Waals surface area (Å²) in [6.45, 7) is 1.81. The molecule has 1 aliphatic rings. The second kappa shape index (κ2) is 2.49. The second-order valence-corrected chi connectivity index (χ2v) is 2.05. The van der Waals surface area contributed by atoms with E-state index in [1.807, 2.05) is 13.1 Å². The molecule has 48 valence electrons. The van der Waals surface area contributed by atoms with Crippen LogP contribution in [0.25, 0.3) is 0 Å². The Balaban J connectivity index is 2.40. The fraction of sp³-hybridized carbons (Fsp3) is 0.667. The lowest BCUT2D eigenvalue weighted by atomic mass is 10.7. The van der Waals surface area contributed by atoms with Gasteiger partial charge in [-0.1, -0.05) is 0 Å². The van der Waals surface area contributed by atoms with Gasteiger partial charge in [-0.3, -0.25) is 0 Å². The van der Waals surface area contributed by atoms with Crippen molar-refractivity contribution in [2.24, 2.45) is 5.10 Å². The van der Waals surface area contributed by atoms with Crippen LogP contribution in [0.2, 0.25) is 0 Å². The van der Waals surface area contributed by atoms with Crippen molar-refractivity contribution in [2.75, 3.05) is 0 Å². The van der Waals surface area contributed by atoms with Crippen LogP contribution < -0.4 is 0 Å². The van der Waals surface area contributed by atoms with E-state index in [2.05, 4.69) is 5.10 Å². The first kappa shape index (κ1) is 6.09. The molecule has 0 aromatic rings. The maximum absolute atomic E-state index is 8.43. The molecule has 0 bridgehead atoms. The van der Waals surface area contributed by atoms with Crippen molar-refractivity contribution in [3.63, 3.8) is 0 Å². The molecule has 3 nitrogen and oxygen atoms in total. The molecular formula is C6H9N3. The molecule has 1 fully saturated rings. The molecule has 0 N–H and O–H groups in total. The summed E-state index contributed by atoms with van der Waals surface area (Å²) >= 11 is 0. The first-order valence-electron chi connectivity index (χ1n) is 3.06. The molecule has 0 aromatic carbocycles. The Morgan fingerprint density at radius 3 is 2.78 bits per heavy atom. The standard InChI is InChI=1S/C6H9N3/c1-2-8-9(5-7)6-3-4-6/h2,6H,3-4H2,1H3/b8-2-. The van der Waals surface area contributed by atoms with E-state index >= 15 is 0 Å². The Labute approximate surface area is 54.6 Å². The fourth-order valence-electron chi connectivity index (χ4n) is 0.645. The summed E-state index contributed by atoms with van der Waals surface area (Å²) in [4.78, 5) is 0. The third-order valence-corrected chi connectivity index (χ3v) is 1.24. The van der Waals surface area contributed by atoms with Gasteiger partial charge < -0.3 is 0 Å². The van der Waals surface area contributed by atoms with Crippen molar-refractivity contribution < 1.29 is 0 Å². The minimum absolute atomic E-state index is 0.409. The van der Waals surface area contributed by atoms with E-state index in [1.165, 1.54) is 5.01 Å². The van der Waals surface area contributed by atoms with Gasteiger partial charge in [-0.15, -0.1) is 0 Å². The van der Waals surface area contributed by atoms with Gasteiger partial charge in [-0.05, 0) is 19.8 Å². The summed E-state index contributed by atoms with van der Waals surface area (Å²) in [5.74, 6) is 0. The third-order valence-electron chi connectivity index (χ3n) is 1.24. The number of nitriles is 1. The van der Waals surface area contributed by atoms with Gasteiger partial charge in [0.1, 0.15) is 0 Å². The third kappa shape index (κ3) is 1.43. The Hall–Kier alpha value is -1.04. The zero-order valence-electron chi connectivity index (χ0n) is 5.41. The summed E-state index contributed by atoms with van der Waals surface area (Å²) in [5.41, 5.74) is 0. The van der Waals surface area contributed by atoms with Crippen molar-refractivity contribution in [3.8, 4) is 6.19 Å². The fourth-order valence-corrected chi connectivity index (χ4v) is 0.645. The van der Waals surface area contributed by atoms with Crippen LogP contribution in [0.4, 0.5) is 0 Å². The smallest absolute Gasteiger partial charge is 0.197 e. The van der Waals surface area contributed by atoms with Gasteiger partial charge in [0.15, 0.2) is 0 Å². The van der Waals surface area contributed by atoms with E-state index < -0.39 is 0 Å². The second-order valence-electron chi connectivity index (χ2n) is 2.05. The lowest BCUT2D eigenvalue weighted by Crippen LogP contribution is -2.11. The maximum atomic E-state index is 8.43. The van der Waals surface area contributed by atoms with Crippen LogP contribution in [0, 0.1) is 11.5 Å². The Morgan fingerprint density at radius 1 is 1.78 bits per heavy atom. The zero-order valence-corrected chi connectivity index (χ0v) is 5.41. The lowest BCUT2D eigenvalue weighted by Gasteiger charge is -2.03. The Kier molecular flexibility index (Phi) is 1.69. The van der Waals surface area contributed by atoms with Crippen molar-refractivity contribution in [2.45, 2.75) is 25.8 Å². The Bertz CT molecular complexity index is 152. The average Bonchev–Trinajstić information content (AvgIpc) is 2.64. The van der Waals surface area contributed by atoms with Crippen molar-refractivity contribution in [1.82, 2.24) is 5.01 Å². The quantitative estimate of drug-likeness (QED) is 0.237. The highest BCUT2D eigenvalue weighted by atomic mass is 15.5. The largest absolute Gasteiger partial charge is 0.201 e. The molecule has 0 amide bonds. The first-order chi connectivity index (χ1) is 4.38. The molecule has 9 heavy (non-hydrogen) atoms. The highest BCUT2D eigenvalue weighted by molar-refractivity contribution is 5.52. The highest BCUT2D eigenvalue weighted by Gasteiger charge is 2.27. The minimum Gasteiger partial charge on any atom is -0.197 e. The van der Waals surface area contributed by atoms with E-state index in [0.29, 0.717) is 6.04 Å². The summed E-state index contributed by atoms with van der Waals surface area (Å²) in [6.07, 6.45) is 5.87. The SMILES string of the molecule is C/C=N\N(C#N)C1CC1. The van der Waals surface area contributed by atoms with Crippen LogP contribution in [-0.4, -0.2) is 17.3 Å². The van der Waals surface area contributed by atoms with Gasteiger partial charge in [-0.25, -0.2) is 0 Å². The molecule has 0 radical (unpaired) electrons. The van der Waals surface area contributed by atoms with Crippen LogP contribution in [0.3, 0.4) is 0 Å². The van der Waals surface area contributed by atoms with Crippen LogP contribution in [0.15, 0.2) is 5.10 Å². The monoisotopic (exact) mass is 123 g/mol. The van der Waals surface area contributed by atoms with Crippen LogP contribution in [-0.2, 0) is 0 Å². The highest BCUT2D eigenvalue weighted by Crippen LogP contribution is 2.25. The van der Waals surface area contributed by atoms with Crippen LogP contribution in [0.1, 0.15) is 19.8 Å². The number of nitrogens with zero attached hydrogens (tertiary/aromatic N) is 3. The van der Waals surface area contributed by atoms with Crippen LogP contribution >= 0.6 is 0 Å². The van der Waals surface area contributed by atoms with Gasteiger partial charge in [0.25, 0.3) is 0 Å². The molecule has 0 aliphatic heterocycles. The predicted octanol–water partition coefficient (Wildman–Crippen LogP) is 0.938. The van der Waals surface area contributed by atoms with Gasteiger partial charge in [-0.2, -0.15) is 15.4 Å². The topological polar surface area (TPSA) is 39.4 Å². The maximum Gasteiger partial charge on any atom is 0.201 e. The number of hydrogen-bond acceptors (Lipinski definition) is 3. The minimum atomic E-state index is 0.409. The molecule has 0 heterocycles. The number of hydrogen-bond donors (Lipinski definition) is 0. The molecule has 1 rings (SSSR count). The van der Waals surface area contributed by atoms with Crippen molar-refractivity contribution in [3.05, 3.63) is 0 Å². The number of rotatable bonds is 2. The van der Waals surface area contributed by atoms with Crippen molar-refractivity contribution >= 4 is 6.21 Å². The molecule has 0 aromatic heterocycles. The zero-order chi connectivity index (χ0) is 6.69. The predicted molar refractivity (Wildman–Crippen MR) is 34.6 cm³/mol. The van der Waals surface area contributed by atoms with Gasteiger partial charge in [0.05, 0.1) is 6.04 Å². The van der Waals surface area contributed by atoms with E-state index in [9.17, 15) is 0 Å². The summed E-state index contributed by atoms with van der Waals surface area (Å²) in [7, 11) is 0. The molecular weight excluding hydrogens is 114 g/mol. The molecule has 1 aliphatic carbocycles.